The first-order valence-electron chi connectivity index (χ1n) is 9.49. The first kappa shape index (κ1) is 21.6. The molecule has 1 unspecified atom stereocenters. The molecule has 0 aliphatic heterocycles. The molecule has 2 aromatic carbocycles. The fraction of sp³-hybridized carbons (Fsp3) is 0.273. The summed E-state index contributed by atoms with van der Waals surface area (Å²) in [6.07, 6.45) is -0.290. The van der Waals surface area contributed by atoms with Crippen LogP contribution in [0, 0.1) is 6.92 Å². The SMILES string of the molecule is CC(=O)c1cccc(NC(=O)CSc2nnc(C(C)Oc3cccc(C)c3)n2C)c1. The first-order chi connectivity index (χ1) is 14.3. The first-order valence-corrected chi connectivity index (χ1v) is 10.5. The highest BCUT2D eigenvalue weighted by Crippen LogP contribution is 2.24. The number of amides is 1. The highest BCUT2D eigenvalue weighted by atomic mass is 32.2. The maximum absolute atomic E-state index is 12.3. The van der Waals surface area contributed by atoms with Gasteiger partial charge >= 0.3 is 0 Å². The number of aryl methyl sites for hydroxylation is 1. The topological polar surface area (TPSA) is 86.1 Å². The number of carbonyl (C=O) groups excluding carboxylic acids is 2. The molecule has 8 heteroatoms. The molecule has 1 amide bonds. The molecule has 0 saturated heterocycles. The van der Waals surface area contributed by atoms with Crippen molar-refractivity contribution >= 4 is 29.1 Å². The van der Waals surface area contributed by atoms with Crippen molar-refractivity contribution in [3.63, 3.8) is 0 Å². The number of anilines is 1. The predicted molar refractivity (Wildman–Crippen MR) is 117 cm³/mol. The Bertz CT molecular complexity index is 1060. The second-order valence-corrected chi connectivity index (χ2v) is 7.89. The van der Waals surface area contributed by atoms with E-state index in [0.29, 0.717) is 22.2 Å². The lowest BCUT2D eigenvalue weighted by atomic mass is 10.1. The Balaban J connectivity index is 1.59. The lowest BCUT2D eigenvalue weighted by molar-refractivity contribution is -0.113. The fourth-order valence-electron chi connectivity index (χ4n) is 2.89. The van der Waals surface area contributed by atoms with Gasteiger partial charge in [-0.05, 0) is 50.6 Å². The monoisotopic (exact) mass is 424 g/mol. The maximum Gasteiger partial charge on any atom is 0.234 e. The van der Waals surface area contributed by atoms with E-state index in [0.717, 1.165) is 11.3 Å². The number of carbonyl (C=O) groups is 2. The molecule has 0 spiro atoms. The van der Waals surface area contributed by atoms with Crippen molar-refractivity contribution in [3.8, 4) is 5.75 Å². The average Bonchev–Trinajstić information content (AvgIpc) is 3.07. The molecule has 0 aliphatic carbocycles. The molecule has 0 aliphatic rings. The number of benzene rings is 2. The van der Waals surface area contributed by atoms with Gasteiger partial charge in [-0.1, -0.05) is 36.0 Å². The molecule has 7 nitrogen and oxygen atoms in total. The van der Waals surface area contributed by atoms with E-state index in [2.05, 4.69) is 15.5 Å². The van der Waals surface area contributed by atoms with E-state index in [1.807, 2.05) is 49.7 Å². The van der Waals surface area contributed by atoms with Crippen LogP contribution < -0.4 is 10.1 Å². The molecule has 0 fully saturated rings. The van der Waals surface area contributed by atoms with E-state index in [-0.39, 0.29) is 23.5 Å². The Morgan fingerprint density at radius 2 is 1.93 bits per heavy atom. The Kier molecular flexibility index (Phi) is 6.89. The summed E-state index contributed by atoms with van der Waals surface area (Å²) in [4.78, 5) is 23.8. The smallest absolute Gasteiger partial charge is 0.234 e. The molecule has 1 atom stereocenters. The number of rotatable bonds is 8. The predicted octanol–water partition coefficient (Wildman–Crippen LogP) is 4.20. The number of hydrogen-bond acceptors (Lipinski definition) is 6. The van der Waals surface area contributed by atoms with Gasteiger partial charge in [-0.3, -0.25) is 9.59 Å². The second kappa shape index (κ2) is 9.58. The molecule has 1 N–H and O–H groups in total. The van der Waals surface area contributed by atoms with Crippen LogP contribution in [-0.4, -0.2) is 32.2 Å². The van der Waals surface area contributed by atoms with Crippen LogP contribution in [0.15, 0.2) is 53.7 Å². The minimum atomic E-state index is -0.290. The van der Waals surface area contributed by atoms with Gasteiger partial charge in [-0.2, -0.15) is 0 Å². The Morgan fingerprint density at radius 3 is 2.67 bits per heavy atom. The summed E-state index contributed by atoms with van der Waals surface area (Å²) in [7, 11) is 1.85. The molecule has 30 heavy (non-hydrogen) atoms. The molecule has 1 aromatic heterocycles. The Hall–Kier alpha value is -3.13. The van der Waals surface area contributed by atoms with E-state index in [1.165, 1.54) is 18.7 Å². The third-order valence-electron chi connectivity index (χ3n) is 4.42. The molecule has 0 radical (unpaired) electrons. The number of hydrogen-bond donors (Lipinski definition) is 1. The zero-order valence-corrected chi connectivity index (χ0v) is 18.2. The minimum Gasteiger partial charge on any atom is -0.483 e. The zero-order valence-electron chi connectivity index (χ0n) is 17.4. The summed E-state index contributed by atoms with van der Waals surface area (Å²) in [5.74, 6) is 1.38. The molecule has 156 valence electrons. The summed E-state index contributed by atoms with van der Waals surface area (Å²) in [5.41, 5.74) is 2.27. The van der Waals surface area contributed by atoms with E-state index in [1.54, 1.807) is 24.3 Å². The molecule has 3 aromatic rings. The quantitative estimate of drug-likeness (QED) is 0.431. The van der Waals surface area contributed by atoms with Gasteiger partial charge in [0.25, 0.3) is 0 Å². The van der Waals surface area contributed by atoms with Gasteiger partial charge in [0.15, 0.2) is 22.9 Å². The molecular weight excluding hydrogens is 400 g/mol. The van der Waals surface area contributed by atoms with Gasteiger partial charge in [0.1, 0.15) is 5.75 Å². The second-order valence-electron chi connectivity index (χ2n) is 6.95. The molecule has 0 bridgehead atoms. The minimum absolute atomic E-state index is 0.0471. The van der Waals surface area contributed by atoms with Crippen LogP contribution in [0.1, 0.15) is 41.7 Å². The van der Waals surface area contributed by atoms with Crippen LogP contribution in [0.25, 0.3) is 0 Å². The molecule has 1 heterocycles. The number of ether oxygens (including phenoxy) is 1. The number of nitrogens with one attached hydrogen (secondary N) is 1. The number of Topliss-reactive ketones (excluding diaryl/α,β-unsaturated/α-hetero) is 1. The van der Waals surface area contributed by atoms with Crippen molar-refractivity contribution in [1.82, 2.24) is 14.8 Å². The van der Waals surface area contributed by atoms with Gasteiger partial charge < -0.3 is 14.6 Å². The van der Waals surface area contributed by atoms with Gasteiger partial charge in [0.2, 0.25) is 5.91 Å². The Morgan fingerprint density at radius 1 is 1.17 bits per heavy atom. The van der Waals surface area contributed by atoms with Crippen molar-refractivity contribution in [2.45, 2.75) is 32.0 Å². The molecule has 3 rings (SSSR count). The zero-order chi connectivity index (χ0) is 21.7. The Labute approximate surface area is 179 Å². The van der Waals surface area contributed by atoms with Crippen LogP contribution in [0.3, 0.4) is 0 Å². The van der Waals surface area contributed by atoms with Crippen molar-refractivity contribution in [2.75, 3.05) is 11.1 Å². The van der Waals surface area contributed by atoms with Gasteiger partial charge in [-0.25, -0.2) is 0 Å². The van der Waals surface area contributed by atoms with Crippen LogP contribution in [0.4, 0.5) is 5.69 Å². The summed E-state index contributed by atoms with van der Waals surface area (Å²) in [6, 6.07) is 14.7. The van der Waals surface area contributed by atoms with E-state index in [9.17, 15) is 9.59 Å². The lowest BCUT2D eigenvalue weighted by Crippen LogP contribution is -2.15. The number of thioether (sulfide) groups is 1. The van der Waals surface area contributed by atoms with Gasteiger partial charge in [-0.15, -0.1) is 10.2 Å². The van der Waals surface area contributed by atoms with Crippen molar-refractivity contribution < 1.29 is 14.3 Å². The van der Waals surface area contributed by atoms with E-state index >= 15 is 0 Å². The van der Waals surface area contributed by atoms with E-state index in [4.69, 9.17) is 4.74 Å². The fourth-order valence-corrected chi connectivity index (χ4v) is 3.61. The van der Waals surface area contributed by atoms with Gasteiger partial charge in [0.05, 0.1) is 5.75 Å². The molecular formula is C22H24N4O3S. The highest BCUT2D eigenvalue weighted by molar-refractivity contribution is 7.99. The third kappa shape index (κ3) is 5.48. The third-order valence-corrected chi connectivity index (χ3v) is 5.44. The summed E-state index contributed by atoms with van der Waals surface area (Å²) in [6.45, 7) is 5.41. The van der Waals surface area contributed by atoms with Crippen LogP contribution >= 0.6 is 11.8 Å². The van der Waals surface area contributed by atoms with Crippen LogP contribution in [-0.2, 0) is 11.8 Å². The summed E-state index contributed by atoms with van der Waals surface area (Å²) >= 11 is 1.29. The summed E-state index contributed by atoms with van der Waals surface area (Å²) in [5, 5.41) is 11.8. The van der Waals surface area contributed by atoms with Crippen molar-refractivity contribution in [2.24, 2.45) is 7.05 Å². The van der Waals surface area contributed by atoms with E-state index < -0.39 is 0 Å². The number of aromatic nitrogens is 3. The van der Waals surface area contributed by atoms with Crippen LogP contribution in [0.2, 0.25) is 0 Å². The summed E-state index contributed by atoms with van der Waals surface area (Å²) < 4.78 is 7.80. The largest absolute Gasteiger partial charge is 0.483 e. The normalized spacial score (nSPS) is 11.7. The average molecular weight is 425 g/mol. The maximum atomic E-state index is 12.3. The lowest BCUT2D eigenvalue weighted by Gasteiger charge is -2.14. The molecule has 0 saturated carbocycles. The number of nitrogens with zero attached hydrogens (tertiary/aromatic N) is 3. The van der Waals surface area contributed by atoms with Crippen LogP contribution in [0.5, 0.6) is 5.75 Å². The van der Waals surface area contributed by atoms with Crippen molar-refractivity contribution in [1.29, 1.82) is 0 Å². The van der Waals surface area contributed by atoms with Crippen molar-refractivity contribution in [3.05, 3.63) is 65.5 Å². The highest BCUT2D eigenvalue weighted by Gasteiger charge is 2.18. The van der Waals surface area contributed by atoms with Gasteiger partial charge in [0, 0.05) is 18.3 Å². The number of ketones is 1. The standard InChI is InChI=1S/C22H24N4O3S/c1-14-7-5-10-19(11-14)29-16(3)21-24-25-22(26(21)4)30-13-20(28)23-18-9-6-8-17(12-18)15(2)27/h5-12,16H,13H2,1-4H3,(H,23,28).